The van der Waals surface area contributed by atoms with Gasteiger partial charge >= 0.3 is 5.97 Å². The molecule has 1 fully saturated rings. The van der Waals surface area contributed by atoms with Crippen LogP contribution < -0.4 is 19.9 Å². The van der Waals surface area contributed by atoms with Gasteiger partial charge in [-0.15, -0.1) is 0 Å². The summed E-state index contributed by atoms with van der Waals surface area (Å²) in [5.41, 5.74) is 2.73. The molecule has 1 atom stereocenters. The Morgan fingerprint density at radius 1 is 1.10 bits per heavy atom. The number of rotatable bonds is 4. The number of carbonyl (C=O) groups is 2. The summed E-state index contributed by atoms with van der Waals surface area (Å²) in [6.45, 7) is 6.43. The number of amides is 1. The van der Waals surface area contributed by atoms with E-state index in [0.717, 1.165) is 22.5 Å². The molecule has 1 aromatic heterocycles. The van der Waals surface area contributed by atoms with Crippen LogP contribution in [0, 0.1) is 0 Å². The van der Waals surface area contributed by atoms with E-state index in [4.69, 9.17) is 21.9 Å². The molecule has 3 aliphatic heterocycles. The molecule has 11 heteroatoms. The van der Waals surface area contributed by atoms with Crippen LogP contribution in [0.15, 0.2) is 66.5 Å². The number of aromatic nitrogens is 2. The van der Waals surface area contributed by atoms with Crippen LogP contribution in [0.4, 0.5) is 11.8 Å². The zero-order valence-electron chi connectivity index (χ0n) is 22.8. The minimum atomic E-state index is -0.934. The third-order valence-electron chi connectivity index (χ3n) is 7.75. The zero-order valence-corrected chi connectivity index (χ0v) is 23.6. The number of nitrogens with one attached hydrogen (secondary N) is 1. The van der Waals surface area contributed by atoms with Gasteiger partial charge in [0.1, 0.15) is 17.3 Å². The molecule has 1 amide bonds. The van der Waals surface area contributed by atoms with Crippen molar-refractivity contribution in [3.05, 3.63) is 83.2 Å². The summed E-state index contributed by atoms with van der Waals surface area (Å²) in [6.07, 6.45) is 3.67. The molecule has 0 aliphatic carbocycles. The highest BCUT2D eigenvalue weighted by atomic mass is 32.1. The topological polar surface area (TPSA) is 111 Å². The van der Waals surface area contributed by atoms with E-state index in [2.05, 4.69) is 22.1 Å². The Kier molecular flexibility index (Phi) is 7.04. The van der Waals surface area contributed by atoms with Crippen molar-refractivity contribution in [2.45, 2.75) is 32.2 Å². The van der Waals surface area contributed by atoms with Gasteiger partial charge in [-0.3, -0.25) is 4.79 Å². The van der Waals surface area contributed by atoms with Crippen LogP contribution in [0.3, 0.4) is 0 Å². The molecule has 4 heterocycles. The Morgan fingerprint density at radius 3 is 2.41 bits per heavy atom. The van der Waals surface area contributed by atoms with Crippen molar-refractivity contribution in [2.75, 3.05) is 36.0 Å². The van der Waals surface area contributed by atoms with E-state index in [1.807, 2.05) is 65.3 Å². The lowest BCUT2D eigenvalue weighted by atomic mass is 9.87. The molecule has 41 heavy (non-hydrogen) atoms. The smallest absolute Gasteiger partial charge is 0.333 e. The molecule has 0 bridgehead atoms. The molecule has 3 aliphatic rings. The van der Waals surface area contributed by atoms with Crippen LogP contribution in [0.1, 0.15) is 36.5 Å². The highest BCUT2D eigenvalue weighted by molar-refractivity contribution is 7.80. The van der Waals surface area contributed by atoms with Crippen molar-refractivity contribution in [2.24, 2.45) is 0 Å². The first kappa shape index (κ1) is 26.7. The largest absolute Gasteiger partial charge is 0.478 e. The molecular weight excluding hydrogens is 540 g/mol. The molecule has 10 nitrogen and oxygen atoms in total. The van der Waals surface area contributed by atoms with Crippen LogP contribution in [0.25, 0.3) is 0 Å². The van der Waals surface area contributed by atoms with Crippen molar-refractivity contribution in [1.29, 1.82) is 0 Å². The fourth-order valence-corrected chi connectivity index (χ4v) is 6.04. The number of fused-ring (bicyclic) bond motifs is 3. The molecule has 0 saturated carbocycles. The standard InChI is InChI=1S/C30H30N6O4S/c1-3-34-17-20(28(38)39)14-19-15-31-29(32-26(19)34)35-12-13-36(18(2)16-35)30(41)33-27(37)25-21-8-4-6-10-23(21)40-24-11-7-5-9-22(24)25/h4-11,15,17-18,25H,3,12-14,16H2,1-2H3,(H,38,39)(H,33,37,41). The first-order valence-electron chi connectivity index (χ1n) is 13.6. The molecule has 1 saturated heterocycles. The predicted molar refractivity (Wildman–Crippen MR) is 158 cm³/mol. The van der Waals surface area contributed by atoms with E-state index in [0.29, 0.717) is 60.7 Å². The maximum absolute atomic E-state index is 13.7. The van der Waals surface area contributed by atoms with Gasteiger partial charge in [0.25, 0.3) is 0 Å². The molecule has 2 N–H and O–H groups in total. The quantitative estimate of drug-likeness (QED) is 0.451. The second-order valence-corrected chi connectivity index (χ2v) is 10.7. The van der Waals surface area contributed by atoms with Crippen molar-refractivity contribution < 1.29 is 19.4 Å². The fraction of sp³-hybridized carbons (Fsp3) is 0.300. The van der Waals surface area contributed by atoms with Gasteiger partial charge in [0.05, 0.1) is 11.5 Å². The fourth-order valence-electron chi connectivity index (χ4n) is 5.67. The number of carboxylic acids is 1. The van der Waals surface area contributed by atoms with Gasteiger partial charge in [0.15, 0.2) is 5.11 Å². The number of para-hydroxylation sites is 2. The highest BCUT2D eigenvalue weighted by Crippen LogP contribution is 2.44. The SMILES string of the molecule is CCN1C=C(C(=O)O)Cc2cnc(N3CCN(C(=S)NC(=O)C4c5ccccc5Oc5ccccc54)C(C)C3)nc21. The summed E-state index contributed by atoms with van der Waals surface area (Å²) in [7, 11) is 0. The van der Waals surface area contributed by atoms with Gasteiger partial charge < -0.3 is 29.9 Å². The van der Waals surface area contributed by atoms with E-state index in [-0.39, 0.29) is 11.9 Å². The lowest BCUT2D eigenvalue weighted by Crippen LogP contribution is -2.58. The molecule has 0 radical (unpaired) electrons. The van der Waals surface area contributed by atoms with Gasteiger partial charge in [0.2, 0.25) is 11.9 Å². The molecular formula is C30H30N6O4S. The third kappa shape index (κ3) is 4.97. The Labute approximate surface area is 243 Å². The van der Waals surface area contributed by atoms with E-state index in [1.54, 1.807) is 12.4 Å². The number of benzene rings is 2. The van der Waals surface area contributed by atoms with E-state index < -0.39 is 11.9 Å². The monoisotopic (exact) mass is 570 g/mol. The van der Waals surface area contributed by atoms with Crippen molar-refractivity contribution in [3.8, 4) is 11.5 Å². The van der Waals surface area contributed by atoms with E-state index in [1.165, 1.54) is 0 Å². The predicted octanol–water partition coefficient (Wildman–Crippen LogP) is 3.68. The summed E-state index contributed by atoms with van der Waals surface area (Å²) < 4.78 is 6.04. The van der Waals surface area contributed by atoms with Crippen molar-refractivity contribution in [3.63, 3.8) is 0 Å². The zero-order chi connectivity index (χ0) is 28.7. The normalized spacial score (nSPS) is 18.0. The van der Waals surface area contributed by atoms with Gasteiger partial charge in [-0.25, -0.2) is 9.78 Å². The molecule has 6 rings (SSSR count). The average molecular weight is 571 g/mol. The number of thiocarbonyl (C=S) groups is 1. The molecule has 1 unspecified atom stereocenters. The number of nitrogens with zero attached hydrogens (tertiary/aromatic N) is 5. The van der Waals surface area contributed by atoms with Crippen LogP contribution in [0.5, 0.6) is 11.5 Å². The Morgan fingerprint density at radius 2 is 1.78 bits per heavy atom. The molecule has 210 valence electrons. The van der Waals surface area contributed by atoms with Gasteiger partial charge in [0, 0.05) is 67.7 Å². The summed E-state index contributed by atoms with van der Waals surface area (Å²) >= 11 is 5.74. The number of aliphatic carboxylic acids is 1. The van der Waals surface area contributed by atoms with Crippen LogP contribution in [0.2, 0.25) is 0 Å². The maximum atomic E-state index is 13.7. The van der Waals surface area contributed by atoms with Crippen LogP contribution in [-0.4, -0.2) is 69.2 Å². The summed E-state index contributed by atoms with van der Waals surface area (Å²) in [5.74, 6) is 0.993. The lowest BCUT2D eigenvalue weighted by Gasteiger charge is -2.41. The molecule has 3 aromatic rings. The van der Waals surface area contributed by atoms with Crippen LogP contribution in [-0.2, 0) is 16.0 Å². The summed E-state index contributed by atoms with van der Waals surface area (Å²) in [4.78, 5) is 40.6. The second-order valence-electron chi connectivity index (χ2n) is 10.3. The first-order chi connectivity index (χ1) is 19.8. The van der Waals surface area contributed by atoms with Crippen molar-refractivity contribution >= 4 is 41.0 Å². The van der Waals surface area contributed by atoms with E-state index in [9.17, 15) is 14.7 Å². The van der Waals surface area contributed by atoms with Gasteiger partial charge in [-0.2, -0.15) is 4.98 Å². The number of anilines is 2. The number of hydrogen-bond acceptors (Lipinski definition) is 8. The van der Waals surface area contributed by atoms with Crippen molar-refractivity contribution in [1.82, 2.24) is 20.2 Å². The second kappa shape index (κ2) is 10.8. The highest BCUT2D eigenvalue weighted by Gasteiger charge is 2.35. The molecule has 0 spiro atoms. The number of ether oxygens (including phenoxy) is 1. The minimum Gasteiger partial charge on any atom is -0.478 e. The Balaban J connectivity index is 1.15. The lowest BCUT2D eigenvalue weighted by molar-refractivity contribution is -0.132. The molecule has 2 aromatic carbocycles. The number of piperazine rings is 1. The van der Waals surface area contributed by atoms with E-state index >= 15 is 0 Å². The first-order valence-corrected chi connectivity index (χ1v) is 14.0. The average Bonchev–Trinajstić information content (AvgIpc) is 2.98. The van der Waals surface area contributed by atoms with Gasteiger partial charge in [-0.05, 0) is 38.2 Å². The summed E-state index contributed by atoms with van der Waals surface area (Å²) in [5, 5.41) is 12.9. The number of carboxylic acid groups (broad SMARTS) is 1. The number of hydrogen-bond donors (Lipinski definition) is 2. The minimum absolute atomic E-state index is 0.00812. The summed E-state index contributed by atoms with van der Waals surface area (Å²) in [6, 6.07) is 15.1. The Hall–Kier alpha value is -4.51. The van der Waals surface area contributed by atoms with Crippen LogP contribution >= 0.6 is 12.2 Å². The number of carbonyl (C=O) groups excluding carboxylic acids is 1. The third-order valence-corrected chi connectivity index (χ3v) is 8.09. The Bertz CT molecular complexity index is 1530. The maximum Gasteiger partial charge on any atom is 0.333 e. The van der Waals surface area contributed by atoms with Gasteiger partial charge in [-0.1, -0.05) is 36.4 Å².